The molecule has 0 radical (unpaired) electrons. The van der Waals surface area contributed by atoms with Crippen LogP contribution in [0.15, 0.2) is 24.3 Å². The van der Waals surface area contributed by atoms with Gasteiger partial charge in [0.2, 0.25) is 5.91 Å². The summed E-state index contributed by atoms with van der Waals surface area (Å²) in [5, 5.41) is 9.32. The number of amides is 1. The van der Waals surface area contributed by atoms with Crippen LogP contribution in [0.1, 0.15) is 23.2 Å². The maximum absolute atomic E-state index is 12.5. The molecule has 1 aliphatic heterocycles. The van der Waals surface area contributed by atoms with Crippen LogP contribution in [-0.2, 0) is 4.79 Å². The molecule has 0 unspecified atom stereocenters. The van der Waals surface area contributed by atoms with Crippen molar-refractivity contribution in [2.75, 3.05) is 31.2 Å². The number of Topliss-reactive ketones (excluding diaryl/α,β-unsaturated/α-hetero) is 1. The minimum absolute atomic E-state index is 0.375. The molecule has 1 saturated carbocycles. The van der Waals surface area contributed by atoms with Gasteiger partial charge in [-0.05, 0) is 43.0 Å². The first-order chi connectivity index (χ1) is 11.7. The Bertz CT molecular complexity index is 643. The molecule has 0 aromatic heterocycles. The van der Waals surface area contributed by atoms with Crippen molar-refractivity contribution < 1.29 is 14.3 Å². The van der Waals surface area contributed by atoms with E-state index in [0.29, 0.717) is 36.9 Å². The number of carbonyl (C=O) groups is 2. The molecule has 1 saturated heterocycles. The summed E-state index contributed by atoms with van der Waals surface area (Å²) in [6.07, 6.45) is 2.44. The Morgan fingerprint density at radius 1 is 1.25 bits per heavy atom. The lowest BCUT2D eigenvalue weighted by atomic mass is 9.97. The van der Waals surface area contributed by atoms with Gasteiger partial charge in [0.1, 0.15) is 5.75 Å². The molecule has 1 amide bonds. The quantitative estimate of drug-likeness (QED) is 0.585. The number of hydrogen-bond donors (Lipinski definition) is 0. The minimum atomic E-state index is -1.26. The van der Waals surface area contributed by atoms with Gasteiger partial charge in [-0.3, -0.25) is 9.59 Å². The molecule has 6 heteroatoms. The van der Waals surface area contributed by atoms with Crippen molar-refractivity contribution in [3.63, 3.8) is 0 Å². The number of ether oxygens (including phenoxy) is 1. The molecule has 2 aliphatic rings. The summed E-state index contributed by atoms with van der Waals surface area (Å²) in [5.74, 6) is 1.01. The van der Waals surface area contributed by atoms with Crippen molar-refractivity contribution in [2.45, 2.75) is 12.8 Å². The normalized spacial score (nSPS) is 18.5. The Balaban J connectivity index is 1.64. The van der Waals surface area contributed by atoms with E-state index in [9.17, 15) is 14.9 Å². The molecule has 5 nitrogen and oxygen atoms in total. The first-order valence-electron chi connectivity index (χ1n) is 8.22. The highest BCUT2D eigenvalue weighted by Crippen LogP contribution is 2.29. The van der Waals surface area contributed by atoms with Crippen molar-refractivity contribution >= 4 is 23.5 Å². The molecule has 24 heavy (non-hydrogen) atoms. The van der Waals surface area contributed by atoms with Crippen molar-refractivity contribution in [3.8, 4) is 11.8 Å². The van der Waals surface area contributed by atoms with Gasteiger partial charge >= 0.3 is 0 Å². The molecule has 1 heterocycles. The van der Waals surface area contributed by atoms with Crippen LogP contribution in [0.5, 0.6) is 5.75 Å². The Morgan fingerprint density at radius 2 is 1.92 bits per heavy atom. The van der Waals surface area contributed by atoms with Gasteiger partial charge < -0.3 is 9.64 Å². The average Bonchev–Trinajstić information content (AvgIpc) is 3.46. The number of ketones is 1. The molecule has 1 aromatic carbocycles. The van der Waals surface area contributed by atoms with Crippen LogP contribution >= 0.6 is 11.8 Å². The van der Waals surface area contributed by atoms with Crippen molar-refractivity contribution in [2.24, 2.45) is 11.8 Å². The molecule has 2 fully saturated rings. The largest absolute Gasteiger partial charge is 0.493 e. The fourth-order valence-corrected chi connectivity index (χ4v) is 3.48. The highest BCUT2D eigenvalue weighted by atomic mass is 32.2. The van der Waals surface area contributed by atoms with E-state index in [-0.39, 0.29) is 5.91 Å². The van der Waals surface area contributed by atoms with Crippen molar-refractivity contribution in [1.29, 1.82) is 5.26 Å². The van der Waals surface area contributed by atoms with Gasteiger partial charge in [-0.15, -0.1) is 0 Å². The predicted molar refractivity (Wildman–Crippen MR) is 92.0 cm³/mol. The van der Waals surface area contributed by atoms with E-state index in [2.05, 4.69) is 0 Å². The van der Waals surface area contributed by atoms with Crippen molar-refractivity contribution in [1.82, 2.24) is 4.90 Å². The SMILES string of the molecule is N#C[C@H](C(=O)c1ccc(OCC2CC2)cc1)C(=O)N1CCSCC1. The summed E-state index contributed by atoms with van der Waals surface area (Å²) in [6.45, 7) is 1.91. The summed E-state index contributed by atoms with van der Waals surface area (Å²) >= 11 is 1.78. The van der Waals surface area contributed by atoms with Crippen molar-refractivity contribution in [3.05, 3.63) is 29.8 Å². The molecular weight excluding hydrogens is 324 g/mol. The van der Waals surface area contributed by atoms with Crippen LogP contribution in [0.4, 0.5) is 0 Å². The van der Waals surface area contributed by atoms with Gasteiger partial charge in [0.05, 0.1) is 12.7 Å². The third-order valence-electron chi connectivity index (χ3n) is 4.28. The molecule has 3 rings (SSSR count). The second kappa shape index (κ2) is 7.71. The predicted octanol–water partition coefficient (Wildman–Crippen LogP) is 2.37. The molecule has 1 aromatic rings. The maximum Gasteiger partial charge on any atom is 0.248 e. The Labute approximate surface area is 146 Å². The summed E-state index contributed by atoms with van der Waals surface area (Å²) < 4.78 is 5.64. The Kier molecular flexibility index (Phi) is 5.41. The van der Waals surface area contributed by atoms with Gasteiger partial charge in [-0.2, -0.15) is 17.0 Å². The standard InChI is InChI=1S/C18H20N2O3S/c19-11-16(18(22)20-7-9-24-10-8-20)17(21)14-3-5-15(6-4-14)23-12-13-1-2-13/h3-6,13,16H,1-2,7-10,12H2/t16-/m1/s1. The van der Waals surface area contributed by atoms with Crippen LogP contribution in [0.25, 0.3) is 0 Å². The second-order valence-electron chi connectivity index (χ2n) is 6.14. The lowest BCUT2D eigenvalue weighted by Crippen LogP contribution is -2.43. The lowest BCUT2D eigenvalue weighted by molar-refractivity contribution is -0.132. The number of carbonyl (C=O) groups excluding carboxylic acids is 2. The van der Waals surface area contributed by atoms with Crippen LogP contribution in [0, 0.1) is 23.2 Å². The fraction of sp³-hybridized carbons (Fsp3) is 0.500. The molecular formula is C18H20N2O3S. The smallest absolute Gasteiger partial charge is 0.248 e. The molecule has 0 spiro atoms. The number of hydrogen-bond acceptors (Lipinski definition) is 5. The average molecular weight is 344 g/mol. The van der Waals surface area contributed by atoms with E-state index in [1.807, 2.05) is 6.07 Å². The number of nitrogens with zero attached hydrogens (tertiary/aromatic N) is 2. The first-order valence-corrected chi connectivity index (χ1v) is 9.37. The van der Waals surface area contributed by atoms with Gasteiger partial charge in [-0.1, -0.05) is 0 Å². The van der Waals surface area contributed by atoms with Crippen LogP contribution in [0.2, 0.25) is 0 Å². The highest BCUT2D eigenvalue weighted by molar-refractivity contribution is 7.99. The van der Waals surface area contributed by atoms with E-state index in [0.717, 1.165) is 11.5 Å². The van der Waals surface area contributed by atoms with E-state index < -0.39 is 11.7 Å². The summed E-state index contributed by atoms with van der Waals surface area (Å²) in [6, 6.07) is 8.60. The number of thioether (sulfide) groups is 1. The number of rotatable bonds is 6. The van der Waals surface area contributed by atoms with Crippen LogP contribution in [-0.4, -0.2) is 47.8 Å². The molecule has 1 aliphatic carbocycles. The van der Waals surface area contributed by atoms with Gasteiger partial charge in [0, 0.05) is 30.2 Å². The summed E-state index contributed by atoms with van der Waals surface area (Å²) in [5.41, 5.74) is 0.375. The van der Waals surface area contributed by atoms with E-state index >= 15 is 0 Å². The third-order valence-corrected chi connectivity index (χ3v) is 5.22. The van der Waals surface area contributed by atoms with E-state index in [4.69, 9.17) is 4.74 Å². The highest BCUT2D eigenvalue weighted by Gasteiger charge is 2.32. The molecule has 0 N–H and O–H groups in total. The number of benzene rings is 1. The zero-order chi connectivity index (χ0) is 16.9. The van der Waals surface area contributed by atoms with E-state index in [1.54, 1.807) is 40.9 Å². The summed E-state index contributed by atoms with van der Waals surface area (Å²) in [4.78, 5) is 26.6. The Hall–Kier alpha value is -2.00. The first kappa shape index (κ1) is 16.8. The number of nitriles is 1. The zero-order valence-electron chi connectivity index (χ0n) is 13.4. The second-order valence-corrected chi connectivity index (χ2v) is 7.37. The zero-order valence-corrected chi connectivity index (χ0v) is 14.3. The monoisotopic (exact) mass is 344 g/mol. The molecule has 0 bridgehead atoms. The van der Waals surface area contributed by atoms with Gasteiger partial charge in [0.15, 0.2) is 11.7 Å². The van der Waals surface area contributed by atoms with Crippen LogP contribution in [0.3, 0.4) is 0 Å². The lowest BCUT2D eigenvalue weighted by Gasteiger charge is -2.27. The topological polar surface area (TPSA) is 70.4 Å². The van der Waals surface area contributed by atoms with Crippen LogP contribution < -0.4 is 4.74 Å². The molecule has 1 atom stereocenters. The molecule has 126 valence electrons. The van der Waals surface area contributed by atoms with Gasteiger partial charge in [0.25, 0.3) is 0 Å². The Morgan fingerprint density at radius 3 is 2.50 bits per heavy atom. The third kappa shape index (κ3) is 4.09. The van der Waals surface area contributed by atoms with E-state index in [1.165, 1.54) is 12.8 Å². The minimum Gasteiger partial charge on any atom is -0.493 e. The van der Waals surface area contributed by atoms with Gasteiger partial charge in [-0.25, -0.2) is 0 Å². The maximum atomic E-state index is 12.5. The summed E-state index contributed by atoms with van der Waals surface area (Å²) in [7, 11) is 0. The fourth-order valence-electron chi connectivity index (χ4n) is 2.57.